The first-order valence-electron chi connectivity index (χ1n) is 5.39. The monoisotopic (exact) mass is 211 g/mol. The fourth-order valence-electron chi connectivity index (χ4n) is 1.46. The summed E-state index contributed by atoms with van der Waals surface area (Å²) < 4.78 is 5.29. The Morgan fingerprint density at radius 3 is 2.53 bits per heavy atom. The summed E-state index contributed by atoms with van der Waals surface area (Å²) in [6.07, 6.45) is 1.81. The van der Waals surface area contributed by atoms with Crippen LogP contribution < -0.4 is 5.73 Å². The van der Waals surface area contributed by atoms with E-state index in [-0.39, 0.29) is 6.04 Å². The quantitative estimate of drug-likeness (QED) is 0.559. The Labute approximate surface area is 91.8 Å². The van der Waals surface area contributed by atoms with Gasteiger partial charge in [0.1, 0.15) is 5.84 Å². The highest BCUT2D eigenvalue weighted by molar-refractivity contribution is 5.85. The SMILES string of the molecule is CC(C)=CN=C(N)C(C)N1CCOCC1. The zero-order valence-electron chi connectivity index (χ0n) is 9.86. The minimum absolute atomic E-state index is 0.199. The molecule has 86 valence electrons. The Balaban J connectivity index is 2.54. The molecule has 1 atom stereocenters. The second kappa shape index (κ2) is 5.88. The Morgan fingerprint density at radius 2 is 2.00 bits per heavy atom. The van der Waals surface area contributed by atoms with Crippen LogP contribution in [0.3, 0.4) is 0 Å². The van der Waals surface area contributed by atoms with Gasteiger partial charge in [-0.05, 0) is 20.8 Å². The number of morpholine rings is 1. The van der Waals surface area contributed by atoms with Crippen LogP contribution in [0.4, 0.5) is 0 Å². The van der Waals surface area contributed by atoms with Crippen molar-refractivity contribution in [2.45, 2.75) is 26.8 Å². The lowest BCUT2D eigenvalue weighted by Crippen LogP contribution is -2.48. The fraction of sp³-hybridized carbons (Fsp3) is 0.727. The van der Waals surface area contributed by atoms with Gasteiger partial charge < -0.3 is 10.5 Å². The highest BCUT2D eigenvalue weighted by Gasteiger charge is 2.19. The second-order valence-corrected chi connectivity index (χ2v) is 4.08. The summed E-state index contributed by atoms with van der Waals surface area (Å²) in [7, 11) is 0. The second-order valence-electron chi connectivity index (χ2n) is 4.08. The van der Waals surface area contributed by atoms with Gasteiger partial charge >= 0.3 is 0 Å². The average molecular weight is 211 g/mol. The number of hydrogen-bond donors (Lipinski definition) is 1. The topological polar surface area (TPSA) is 50.8 Å². The zero-order valence-corrected chi connectivity index (χ0v) is 9.86. The number of aliphatic imine (C=N–C) groups is 1. The van der Waals surface area contributed by atoms with Crippen LogP contribution in [-0.2, 0) is 4.74 Å². The predicted molar refractivity (Wildman–Crippen MR) is 62.9 cm³/mol. The highest BCUT2D eigenvalue weighted by Crippen LogP contribution is 2.04. The number of nitrogens with zero attached hydrogens (tertiary/aromatic N) is 2. The molecule has 1 heterocycles. The van der Waals surface area contributed by atoms with E-state index in [1.807, 2.05) is 20.0 Å². The zero-order chi connectivity index (χ0) is 11.3. The van der Waals surface area contributed by atoms with Crippen molar-refractivity contribution in [1.82, 2.24) is 4.90 Å². The van der Waals surface area contributed by atoms with Gasteiger partial charge in [-0.1, -0.05) is 5.57 Å². The molecular weight excluding hydrogens is 190 g/mol. The molecular formula is C11H21N3O. The van der Waals surface area contributed by atoms with Crippen molar-refractivity contribution < 1.29 is 4.74 Å². The lowest BCUT2D eigenvalue weighted by molar-refractivity contribution is 0.0316. The number of rotatable bonds is 3. The molecule has 4 heteroatoms. The molecule has 1 fully saturated rings. The molecule has 1 rings (SSSR count). The summed E-state index contributed by atoms with van der Waals surface area (Å²) in [5.74, 6) is 0.679. The van der Waals surface area contributed by atoms with Crippen LogP contribution >= 0.6 is 0 Å². The Hall–Kier alpha value is -0.870. The van der Waals surface area contributed by atoms with E-state index in [1.54, 1.807) is 0 Å². The molecule has 0 aromatic carbocycles. The molecule has 0 spiro atoms. The first-order chi connectivity index (χ1) is 7.11. The summed E-state index contributed by atoms with van der Waals surface area (Å²) in [4.78, 5) is 6.54. The van der Waals surface area contributed by atoms with Crippen LogP contribution in [0, 0.1) is 0 Å². The number of ether oxygens (including phenoxy) is 1. The fourth-order valence-corrected chi connectivity index (χ4v) is 1.46. The van der Waals surface area contributed by atoms with E-state index in [2.05, 4.69) is 16.8 Å². The maximum absolute atomic E-state index is 5.92. The molecule has 0 aromatic heterocycles. The van der Waals surface area contributed by atoms with Gasteiger partial charge in [0.25, 0.3) is 0 Å². The van der Waals surface area contributed by atoms with Gasteiger partial charge in [-0.2, -0.15) is 0 Å². The molecule has 0 bridgehead atoms. The van der Waals surface area contributed by atoms with Crippen LogP contribution in [0.15, 0.2) is 16.8 Å². The Bertz CT molecular complexity index is 251. The molecule has 0 saturated carbocycles. The van der Waals surface area contributed by atoms with Crippen molar-refractivity contribution >= 4 is 5.84 Å². The van der Waals surface area contributed by atoms with E-state index < -0.39 is 0 Å². The third-order valence-corrected chi connectivity index (χ3v) is 2.49. The van der Waals surface area contributed by atoms with Gasteiger partial charge in [0.2, 0.25) is 0 Å². The third kappa shape index (κ3) is 4.01. The average Bonchev–Trinajstić information content (AvgIpc) is 2.26. The Morgan fingerprint density at radius 1 is 1.40 bits per heavy atom. The van der Waals surface area contributed by atoms with Crippen molar-refractivity contribution in [1.29, 1.82) is 0 Å². The van der Waals surface area contributed by atoms with Crippen LogP contribution in [0.1, 0.15) is 20.8 Å². The maximum Gasteiger partial charge on any atom is 0.116 e. The summed E-state index contributed by atoms with van der Waals surface area (Å²) in [5.41, 5.74) is 7.08. The van der Waals surface area contributed by atoms with Crippen LogP contribution in [-0.4, -0.2) is 43.1 Å². The minimum Gasteiger partial charge on any atom is -0.386 e. The van der Waals surface area contributed by atoms with E-state index in [9.17, 15) is 0 Å². The first-order valence-corrected chi connectivity index (χ1v) is 5.39. The normalized spacial score (nSPS) is 21.1. The van der Waals surface area contributed by atoms with Gasteiger partial charge in [-0.15, -0.1) is 0 Å². The maximum atomic E-state index is 5.92. The van der Waals surface area contributed by atoms with Crippen molar-refractivity contribution in [3.8, 4) is 0 Å². The van der Waals surface area contributed by atoms with Gasteiger partial charge in [0.05, 0.1) is 19.3 Å². The standard InChI is InChI=1S/C11H21N3O/c1-9(2)8-13-11(12)10(3)14-4-6-15-7-5-14/h8,10H,4-7H2,1-3H3,(H2,12,13). The Kier molecular flexibility index (Phi) is 4.78. The summed E-state index contributed by atoms with van der Waals surface area (Å²) in [6, 6.07) is 0.199. The molecule has 0 aliphatic carbocycles. The number of nitrogens with two attached hydrogens (primary N) is 1. The van der Waals surface area contributed by atoms with Crippen LogP contribution in [0.25, 0.3) is 0 Å². The van der Waals surface area contributed by atoms with Crippen molar-refractivity contribution in [3.63, 3.8) is 0 Å². The highest BCUT2D eigenvalue weighted by atomic mass is 16.5. The van der Waals surface area contributed by atoms with Crippen LogP contribution in [0.5, 0.6) is 0 Å². The van der Waals surface area contributed by atoms with Crippen molar-refractivity contribution in [2.24, 2.45) is 10.7 Å². The van der Waals surface area contributed by atoms with Gasteiger partial charge in [-0.25, -0.2) is 4.99 Å². The van der Waals surface area contributed by atoms with E-state index in [0.717, 1.165) is 31.9 Å². The smallest absolute Gasteiger partial charge is 0.116 e. The minimum atomic E-state index is 0.199. The molecule has 0 radical (unpaired) electrons. The number of hydrogen-bond acceptors (Lipinski definition) is 3. The molecule has 1 unspecified atom stereocenters. The first kappa shape index (κ1) is 12.2. The summed E-state index contributed by atoms with van der Waals surface area (Å²) >= 11 is 0. The molecule has 15 heavy (non-hydrogen) atoms. The predicted octanol–water partition coefficient (Wildman–Crippen LogP) is 0.988. The van der Waals surface area contributed by atoms with Crippen molar-refractivity contribution in [3.05, 3.63) is 11.8 Å². The number of amidine groups is 1. The lowest BCUT2D eigenvalue weighted by atomic mass is 10.2. The van der Waals surface area contributed by atoms with E-state index in [0.29, 0.717) is 5.84 Å². The van der Waals surface area contributed by atoms with Gasteiger partial charge in [0, 0.05) is 19.3 Å². The van der Waals surface area contributed by atoms with E-state index >= 15 is 0 Å². The largest absolute Gasteiger partial charge is 0.386 e. The molecule has 4 nitrogen and oxygen atoms in total. The molecule has 2 N–H and O–H groups in total. The lowest BCUT2D eigenvalue weighted by Gasteiger charge is -2.31. The molecule has 1 saturated heterocycles. The van der Waals surface area contributed by atoms with Crippen molar-refractivity contribution in [2.75, 3.05) is 26.3 Å². The number of allylic oxidation sites excluding steroid dienone is 1. The van der Waals surface area contributed by atoms with E-state index in [4.69, 9.17) is 10.5 Å². The van der Waals surface area contributed by atoms with Gasteiger partial charge in [0.15, 0.2) is 0 Å². The molecule has 1 aliphatic heterocycles. The summed E-state index contributed by atoms with van der Waals surface area (Å²) in [6.45, 7) is 9.56. The van der Waals surface area contributed by atoms with Crippen LogP contribution in [0.2, 0.25) is 0 Å². The van der Waals surface area contributed by atoms with Gasteiger partial charge in [-0.3, -0.25) is 4.90 Å². The summed E-state index contributed by atoms with van der Waals surface area (Å²) in [5, 5.41) is 0. The molecule has 0 aromatic rings. The molecule has 0 amide bonds. The third-order valence-electron chi connectivity index (χ3n) is 2.49. The van der Waals surface area contributed by atoms with E-state index in [1.165, 1.54) is 0 Å². The molecule has 1 aliphatic rings.